The number of aryl methyl sites for hydroxylation is 2. The van der Waals surface area contributed by atoms with Gasteiger partial charge < -0.3 is 14.5 Å². The van der Waals surface area contributed by atoms with Gasteiger partial charge in [0, 0.05) is 41.3 Å². The van der Waals surface area contributed by atoms with E-state index in [0.717, 1.165) is 65.8 Å². The van der Waals surface area contributed by atoms with E-state index in [1.165, 1.54) is 6.42 Å². The van der Waals surface area contributed by atoms with Gasteiger partial charge in [-0.15, -0.1) is 10.2 Å². The Morgan fingerprint density at radius 2 is 1.78 bits per heavy atom. The summed E-state index contributed by atoms with van der Waals surface area (Å²) in [5.74, 6) is 1.82. The number of anilines is 1. The van der Waals surface area contributed by atoms with Crippen molar-refractivity contribution in [3.63, 3.8) is 0 Å². The van der Waals surface area contributed by atoms with E-state index in [4.69, 9.17) is 0 Å². The summed E-state index contributed by atoms with van der Waals surface area (Å²) in [5.41, 5.74) is 5.40. The number of carbonyl (C=O) groups is 1. The molecule has 1 aliphatic rings. The maximum absolute atomic E-state index is 13.2. The number of hydrogen-bond acceptors (Lipinski definition) is 3. The largest absolute Gasteiger partial charge is 0.322 e. The number of para-hydroxylation sites is 1. The zero-order chi connectivity index (χ0) is 22.1. The molecule has 1 amide bonds. The lowest BCUT2D eigenvalue weighted by atomic mass is 10.1. The summed E-state index contributed by atoms with van der Waals surface area (Å²) in [4.78, 5) is 13.2. The normalized spacial score (nSPS) is 13.4. The average Bonchev–Trinajstić information content (AvgIpc) is 3.25. The quantitative estimate of drug-likeness (QED) is 0.481. The van der Waals surface area contributed by atoms with E-state index in [0.29, 0.717) is 5.56 Å². The lowest BCUT2D eigenvalue weighted by molar-refractivity contribution is 0.102. The summed E-state index contributed by atoms with van der Waals surface area (Å²) in [6.45, 7) is 4.95. The molecule has 3 heterocycles. The molecule has 6 nitrogen and oxygen atoms in total. The minimum atomic E-state index is -0.113. The predicted octanol–water partition coefficient (Wildman–Crippen LogP) is 5.33. The van der Waals surface area contributed by atoms with Gasteiger partial charge in [0.15, 0.2) is 5.82 Å². The van der Waals surface area contributed by atoms with Gasteiger partial charge in [0.25, 0.3) is 5.91 Å². The highest BCUT2D eigenvalue weighted by atomic mass is 16.1. The van der Waals surface area contributed by atoms with Crippen LogP contribution in [0.2, 0.25) is 0 Å². The third-order valence-electron chi connectivity index (χ3n) is 6.18. The Balaban J connectivity index is 1.42. The van der Waals surface area contributed by atoms with E-state index in [2.05, 4.69) is 24.6 Å². The first-order valence-corrected chi connectivity index (χ1v) is 11.2. The smallest absolute Gasteiger partial charge is 0.257 e. The summed E-state index contributed by atoms with van der Waals surface area (Å²) in [6, 6.07) is 19.9. The molecule has 1 aliphatic heterocycles. The van der Waals surface area contributed by atoms with Crippen LogP contribution >= 0.6 is 0 Å². The fourth-order valence-corrected chi connectivity index (χ4v) is 4.60. The van der Waals surface area contributed by atoms with Gasteiger partial charge in [-0.1, -0.05) is 36.8 Å². The second-order valence-corrected chi connectivity index (χ2v) is 8.39. The zero-order valence-electron chi connectivity index (χ0n) is 18.5. The van der Waals surface area contributed by atoms with Crippen LogP contribution < -0.4 is 5.32 Å². The molecule has 0 saturated carbocycles. The second-order valence-electron chi connectivity index (χ2n) is 8.39. The van der Waals surface area contributed by atoms with Gasteiger partial charge in [-0.25, -0.2) is 0 Å². The molecule has 6 heteroatoms. The number of rotatable bonds is 4. The standard InChI is InChI=1S/C26H27N5O/c1-18-16-23(19(2)31(18)22-12-5-3-6-13-22)26(32)27-21-11-9-10-20(17-21)25-29-28-24-14-7-4-8-15-30(24)25/h3,5-6,9-13,16-17H,4,7-8,14-15H2,1-2H3,(H,27,32). The summed E-state index contributed by atoms with van der Waals surface area (Å²) >= 11 is 0. The number of nitrogens with zero attached hydrogens (tertiary/aromatic N) is 4. The van der Waals surface area contributed by atoms with Crippen LogP contribution in [0, 0.1) is 13.8 Å². The van der Waals surface area contributed by atoms with Gasteiger partial charge in [-0.05, 0) is 57.0 Å². The van der Waals surface area contributed by atoms with Crippen molar-refractivity contribution in [3.8, 4) is 17.1 Å². The van der Waals surface area contributed by atoms with E-state index < -0.39 is 0 Å². The number of carbonyl (C=O) groups excluding carboxylic acids is 1. The van der Waals surface area contributed by atoms with Gasteiger partial charge in [0.1, 0.15) is 5.82 Å². The first kappa shape index (κ1) is 20.2. The van der Waals surface area contributed by atoms with Crippen molar-refractivity contribution in [1.29, 1.82) is 0 Å². The fourth-order valence-electron chi connectivity index (χ4n) is 4.60. The highest BCUT2D eigenvalue weighted by molar-refractivity contribution is 6.05. The van der Waals surface area contributed by atoms with E-state index in [-0.39, 0.29) is 5.91 Å². The number of hydrogen-bond donors (Lipinski definition) is 1. The van der Waals surface area contributed by atoms with Crippen molar-refractivity contribution in [2.45, 2.75) is 46.1 Å². The van der Waals surface area contributed by atoms with E-state index in [1.807, 2.05) is 74.5 Å². The van der Waals surface area contributed by atoms with Crippen molar-refractivity contribution in [2.24, 2.45) is 0 Å². The topological polar surface area (TPSA) is 64.7 Å². The highest BCUT2D eigenvalue weighted by Gasteiger charge is 2.19. The minimum absolute atomic E-state index is 0.113. The third-order valence-corrected chi connectivity index (χ3v) is 6.18. The summed E-state index contributed by atoms with van der Waals surface area (Å²) in [6.07, 6.45) is 4.50. The van der Waals surface area contributed by atoms with Crippen LogP contribution in [-0.4, -0.2) is 25.2 Å². The molecule has 0 unspecified atom stereocenters. The van der Waals surface area contributed by atoms with E-state index in [1.54, 1.807) is 0 Å². The van der Waals surface area contributed by atoms with Gasteiger partial charge >= 0.3 is 0 Å². The molecule has 0 saturated heterocycles. The van der Waals surface area contributed by atoms with Gasteiger partial charge in [-0.2, -0.15) is 0 Å². The van der Waals surface area contributed by atoms with Crippen LogP contribution in [0.5, 0.6) is 0 Å². The molecule has 0 fully saturated rings. The fraction of sp³-hybridized carbons (Fsp3) is 0.269. The first-order chi connectivity index (χ1) is 15.6. The molecule has 32 heavy (non-hydrogen) atoms. The summed E-state index contributed by atoms with van der Waals surface area (Å²) in [5, 5.41) is 11.9. The molecular weight excluding hydrogens is 398 g/mol. The predicted molar refractivity (Wildman–Crippen MR) is 126 cm³/mol. The number of fused-ring (bicyclic) bond motifs is 1. The minimum Gasteiger partial charge on any atom is -0.322 e. The SMILES string of the molecule is Cc1cc(C(=O)Nc2cccc(-c3nnc4n3CCCCC4)c2)c(C)n1-c1ccccc1. The molecule has 0 radical (unpaired) electrons. The Bertz CT molecular complexity index is 1270. The van der Waals surface area contributed by atoms with Crippen molar-refractivity contribution < 1.29 is 4.79 Å². The van der Waals surface area contributed by atoms with Crippen LogP contribution in [0.4, 0.5) is 5.69 Å². The van der Waals surface area contributed by atoms with Crippen molar-refractivity contribution in [2.75, 3.05) is 5.32 Å². The molecule has 1 N–H and O–H groups in total. The number of benzene rings is 2. The molecule has 2 aromatic heterocycles. The Kier molecular flexibility index (Phi) is 5.35. The molecule has 0 spiro atoms. The molecule has 0 aliphatic carbocycles. The average molecular weight is 426 g/mol. The molecular formula is C26H27N5O. The molecule has 4 aromatic rings. The van der Waals surface area contributed by atoms with Gasteiger partial charge in [0.05, 0.1) is 5.56 Å². The molecule has 0 bridgehead atoms. The molecule has 2 aromatic carbocycles. The van der Waals surface area contributed by atoms with Gasteiger partial charge in [0.2, 0.25) is 0 Å². The monoisotopic (exact) mass is 425 g/mol. The number of aromatic nitrogens is 4. The van der Waals surface area contributed by atoms with Crippen LogP contribution in [0.15, 0.2) is 60.7 Å². The Labute approximate surface area is 187 Å². The second kappa shape index (κ2) is 8.46. The summed E-state index contributed by atoms with van der Waals surface area (Å²) < 4.78 is 4.33. The van der Waals surface area contributed by atoms with E-state index in [9.17, 15) is 4.79 Å². The van der Waals surface area contributed by atoms with Crippen LogP contribution in [-0.2, 0) is 13.0 Å². The first-order valence-electron chi connectivity index (χ1n) is 11.2. The molecule has 5 rings (SSSR count). The van der Waals surface area contributed by atoms with Gasteiger partial charge in [-0.3, -0.25) is 4.79 Å². The van der Waals surface area contributed by atoms with E-state index >= 15 is 0 Å². The number of nitrogens with one attached hydrogen (secondary N) is 1. The van der Waals surface area contributed by atoms with Crippen LogP contribution in [0.25, 0.3) is 17.1 Å². The third kappa shape index (κ3) is 3.73. The van der Waals surface area contributed by atoms with Crippen molar-refractivity contribution in [3.05, 3.63) is 83.4 Å². The van der Waals surface area contributed by atoms with Crippen LogP contribution in [0.1, 0.15) is 46.8 Å². The maximum Gasteiger partial charge on any atom is 0.257 e. The molecule has 0 atom stereocenters. The lowest BCUT2D eigenvalue weighted by Gasteiger charge is -2.11. The Hall–Kier alpha value is -3.67. The number of amides is 1. The zero-order valence-corrected chi connectivity index (χ0v) is 18.5. The molecule has 162 valence electrons. The lowest BCUT2D eigenvalue weighted by Crippen LogP contribution is -2.13. The van der Waals surface area contributed by atoms with Crippen molar-refractivity contribution >= 4 is 11.6 Å². The summed E-state index contributed by atoms with van der Waals surface area (Å²) in [7, 11) is 0. The highest BCUT2D eigenvalue weighted by Crippen LogP contribution is 2.26. The maximum atomic E-state index is 13.2. The Morgan fingerprint density at radius 1 is 0.938 bits per heavy atom. The Morgan fingerprint density at radius 3 is 2.62 bits per heavy atom. The van der Waals surface area contributed by atoms with Crippen molar-refractivity contribution in [1.82, 2.24) is 19.3 Å². The van der Waals surface area contributed by atoms with Crippen LogP contribution in [0.3, 0.4) is 0 Å².